The van der Waals surface area contributed by atoms with Gasteiger partial charge in [0.25, 0.3) is 11.8 Å². The molecule has 0 fully saturated rings. The highest BCUT2D eigenvalue weighted by Crippen LogP contribution is 2.32. The molecule has 39 heavy (non-hydrogen) atoms. The van der Waals surface area contributed by atoms with Crippen LogP contribution >= 0.6 is 0 Å². The number of ether oxygens (including phenoxy) is 2. The number of imide groups is 1. The van der Waals surface area contributed by atoms with Crippen molar-refractivity contribution in [2.45, 2.75) is 33.8 Å². The van der Waals surface area contributed by atoms with E-state index in [2.05, 4.69) is 0 Å². The van der Waals surface area contributed by atoms with Crippen molar-refractivity contribution in [2.24, 2.45) is 0 Å². The van der Waals surface area contributed by atoms with Crippen LogP contribution in [-0.2, 0) is 19.1 Å². The summed E-state index contributed by atoms with van der Waals surface area (Å²) < 4.78 is 12.4. The fraction of sp³-hybridized carbons (Fsp3) is 0.233. The molecule has 2 aromatic carbocycles. The summed E-state index contributed by atoms with van der Waals surface area (Å²) in [5, 5.41) is 14.5. The number of carbonyl (C=O) groups excluding carboxylic acids is 3. The molecule has 1 aliphatic heterocycles. The van der Waals surface area contributed by atoms with Gasteiger partial charge in [-0.3, -0.25) is 19.3 Å². The number of hydrogen-bond acceptors (Lipinski definition) is 7. The normalized spacial score (nSPS) is 14.7. The lowest BCUT2D eigenvalue weighted by atomic mass is 9.93. The van der Waals surface area contributed by atoms with Gasteiger partial charge in [-0.1, -0.05) is 18.2 Å². The number of aromatic nitrogens is 2. The fourth-order valence-corrected chi connectivity index (χ4v) is 4.16. The lowest BCUT2D eigenvalue weighted by Crippen LogP contribution is -2.44. The van der Waals surface area contributed by atoms with Gasteiger partial charge in [0.1, 0.15) is 24.0 Å². The number of rotatable bonds is 8. The smallest absolute Gasteiger partial charge is 0.302 e. The molecule has 1 aliphatic rings. The molecule has 9 heteroatoms. The highest BCUT2D eigenvalue weighted by Gasteiger charge is 2.35. The first-order valence-corrected chi connectivity index (χ1v) is 12.4. The van der Waals surface area contributed by atoms with Gasteiger partial charge in [-0.25, -0.2) is 4.68 Å². The van der Waals surface area contributed by atoms with E-state index in [0.29, 0.717) is 11.3 Å². The molecule has 3 aromatic rings. The molecule has 0 atom stereocenters. The van der Waals surface area contributed by atoms with E-state index < -0.39 is 17.8 Å². The summed E-state index contributed by atoms with van der Waals surface area (Å²) in [5.41, 5.74) is 3.14. The Labute approximate surface area is 226 Å². The van der Waals surface area contributed by atoms with Crippen LogP contribution in [0.3, 0.4) is 0 Å². The van der Waals surface area contributed by atoms with Gasteiger partial charge in [0, 0.05) is 29.8 Å². The van der Waals surface area contributed by atoms with Crippen molar-refractivity contribution in [3.63, 3.8) is 0 Å². The summed E-state index contributed by atoms with van der Waals surface area (Å²) in [7, 11) is 0. The molecule has 4 rings (SSSR count). The number of hydrogen-bond donors (Lipinski definition) is 0. The molecule has 0 saturated carbocycles. The van der Waals surface area contributed by atoms with Crippen molar-refractivity contribution in [1.82, 2.24) is 14.7 Å². The Morgan fingerprint density at radius 2 is 1.77 bits per heavy atom. The quantitative estimate of drug-likeness (QED) is 0.242. The second-order valence-electron chi connectivity index (χ2n) is 9.18. The maximum atomic E-state index is 13.5. The average Bonchev–Trinajstić information content (AvgIpc) is 3.33. The zero-order chi connectivity index (χ0) is 28.1. The fourth-order valence-electron chi connectivity index (χ4n) is 4.16. The molecule has 0 unspecified atom stereocenters. The minimum Gasteiger partial charge on any atom is -0.491 e. The molecule has 0 bridgehead atoms. The monoisotopic (exact) mass is 524 g/mol. The van der Waals surface area contributed by atoms with Gasteiger partial charge in [-0.05, 0) is 68.8 Å². The molecule has 0 N–H and O–H groups in total. The van der Waals surface area contributed by atoms with Crippen LogP contribution in [0.2, 0.25) is 0 Å². The van der Waals surface area contributed by atoms with Gasteiger partial charge in [0.2, 0.25) is 0 Å². The molecule has 198 valence electrons. The molecule has 0 radical (unpaired) electrons. The van der Waals surface area contributed by atoms with Gasteiger partial charge < -0.3 is 9.47 Å². The van der Waals surface area contributed by atoms with Crippen LogP contribution in [0.5, 0.6) is 5.75 Å². The van der Waals surface area contributed by atoms with Crippen molar-refractivity contribution in [3.8, 4) is 28.8 Å². The van der Waals surface area contributed by atoms with Crippen molar-refractivity contribution in [2.75, 3.05) is 13.2 Å². The van der Waals surface area contributed by atoms with Crippen LogP contribution in [0, 0.1) is 11.3 Å². The lowest BCUT2D eigenvalue weighted by molar-refractivity contribution is -0.147. The number of para-hydroxylation sites is 1. The minimum atomic E-state index is -0.717. The topological polar surface area (TPSA) is 115 Å². The summed E-state index contributed by atoms with van der Waals surface area (Å²) in [6.45, 7) is 6.38. The van der Waals surface area contributed by atoms with E-state index in [1.165, 1.54) is 6.92 Å². The number of carbonyl (C=O) groups is 3. The van der Waals surface area contributed by atoms with Crippen LogP contribution in [0.15, 0.2) is 77.5 Å². The molecule has 2 amide bonds. The van der Waals surface area contributed by atoms with Crippen molar-refractivity contribution >= 4 is 23.9 Å². The van der Waals surface area contributed by atoms with Gasteiger partial charge in [0.05, 0.1) is 24.0 Å². The summed E-state index contributed by atoms with van der Waals surface area (Å²) in [5.74, 6) is -1.11. The molecule has 0 saturated heterocycles. The zero-order valence-electron chi connectivity index (χ0n) is 22.2. The number of nitrogens with zero attached hydrogens (tertiary/aromatic N) is 4. The van der Waals surface area contributed by atoms with Crippen LogP contribution in [0.1, 0.15) is 33.3 Å². The van der Waals surface area contributed by atoms with Crippen molar-refractivity contribution < 1.29 is 23.9 Å². The number of amides is 2. The summed E-state index contributed by atoms with van der Waals surface area (Å²) >= 11 is 0. The Hall–Kier alpha value is -4.97. The average molecular weight is 525 g/mol. The maximum absolute atomic E-state index is 13.5. The molecule has 1 aromatic heterocycles. The molecule has 2 heterocycles. The van der Waals surface area contributed by atoms with Crippen molar-refractivity contribution in [1.29, 1.82) is 5.26 Å². The largest absolute Gasteiger partial charge is 0.491 e. The lowest BCUT2D eigenvalue weighted by Gasteiger charge is -2.27. The highest BCUT2D eigenvalue weighted by molar-refractivity contribution is 6.19. The van der Waals surface area contributed by atoms with E-state index in [1.807, 2.05) is 74.5 Å². The first-order valence-electron chi connectivity index (χ1n) is 12.4. The van der Waals surface area contributed by atoms with Crippen LogP contribution in [0.4, 0.5) is 0 Å². The zero-order valence-corrected chi connectivity index (χ0v) is 22.2. The first-order chi connectivity index (χ1) is 18.7. The van der Waals surface area contributed by atoms with Gasteiger partial charge >= 0.3 is 5.97 Å². The molecular weight excluding hydrogens is 496 g/mol. The number of esters is 1. The number of benzene rings is 2. The highest BCUT2D eigenvalue weighted by atomic mass is 16.5. The first kappa shape index (κ1) is 27.1. The summed E-state index contributed by atoms with van der Waals surface area (Å²) in [6.07, 6.45) is 3.46. The Kier molecular flexibility index (Phi) is 8.06. The summed E-state index contributed by atoms with van der Waals surface area (Å²) in [4.78, 5) is 38.5. The predicted octanol–water partition coefficient (Wildman–Crippen LogP) is 4.48. The van der Waals surface area contributed by atoms with E-state index in [0.717, 1.165) is 21.9 Å². The molecular formula is C30H28N4O5. The van der Waals surface area contributed by atoms with E-state index in [-0.39, 0.29) is 36.0 Å². The summed E-state index contributed by atoms with van der Waals surface area (Å²) in [6, 6.07) is 18.9. The van der Waals surface area contributed by atoms with Crippen LogP contribution in [-0.4, -0.2) is 51.7 Å². The van der Waals surface area contributed by atoms with Crippen LogP contribution < -0.4 is 4.74 Å². The SMILES string of the molecule is CC(=O)OCCN1C(=O)C(C#N)=C(C)/C(=C\c2cn(-c3ccccc3)nc2-c2ccc(OC(C)C)cc2)C1=O. The maximum Gasteiger partial charge on any atom is 0.302 e. The third-order valence-electron chi connectivity index (χ3n) is 6.01. The van der Waals surface area contributed by atoms with E-state index in [4.69, 9.17) is 14.6 Å². The van der Waals surface area contributed by atoms with Gasteiger partial charge in [-0.2, -0.15) is 10.4 Å². The third kappa shape index (κ3) is 5.96. The predicted molar refractivity (Wildman–Crippen MR) is 144 cm³/mol. The van der Waals surface area contributed by atoms with E-state index in [9.17, 15) is 19.6 Å². The third-order valence-corrected chi connectivity index (χ3v) is 6.01. The molecule has 9 nitrogen and oxygen atoms in total. The van der Waals surface area contributed by atoms with Crippen LogP contribution in [0.25, 0.3) is 23.0 Å². The minimum absolute atomic E-state index is 0.0290. The second kappa shape index (κ2) is 11.6. The Morgan fingerprint density at radius 3 is 2.38 bits per heavy atom. The second-order valence-corrected chi connectivity index (χ2v) is 9.18. The van der Waals surface area contributed by atoms with E-state index in [1.54, 1.807) is 23.9 Å². The standard InChI is InChI=1S/C30H28N4O5/c1-19(2)39-25-12-10-22(11-13-25)28-23(18-34(32-28)24-8-6-5-7-9-24)16-26-20(3)27(17-31)30(37)33(29(26)36)14-15-38-21(4)35/h5-13,16,18-19H,14-15H2,1-4H3/b26-16+. The van der Waals surface area contributed by atoms with Gasteiger partial charge in [-0.15, -0.1) is 0 Å². The Morgan fingerprint density at radius 1 is 1.08 bits per heavy atom. The van der Waals surface area contributed by atoms with Crippen molar-refractivity contribution in [3.05, 3.63) is 83.1 Å². The molecule has 0 spiro atoms. The Bertz CT molecular complexity index is 1510. The number of nitriles is 1. The molecule has 0 aliphatic carbocycles. The van der Waals surface area contributed by atoms with E-state index >= 15 is 0 Å². The Balaban J connectivity index is 1.82. The van der Waals surface area contributed by atoms with Gasteiger partial charge in [0.15, 0.2) is 0 Å².